The molecule has 1 fully saturated rings. The molecule has 0 saturated carbocycles. The van der Waals surface area contributed by atoms with Crippen LogP contribution in [0, 0.1) is 5.41 Å². The molecular formula is C10H17F2NO2. The number of amides is 1. The minimum absolute atomic E-state index is 0.0411. The quantitative estimate of drug-likeness (QED) is 0.723. The van der Waals surface area contributed by atoms with Gasteiger partial charge in [0.05, 0.1) is 6.10 Å². The molecule has 0 spiro atoms. The molecule has 0 aromatic carbocycles. The second-order valence-electron chi connectivity index (χ2n) is 4.81. The maximum Gasteiger partial charge on any atom is 0.261 e. The normalized spacial score (nSPS) is 18.1. The summed E-state index contributed by atoms with van der Waals surface area (Å²) in [6.45, 7) is 5.84. The first-order valence-corrected chi connectivity index (χ1v) is 5.00. The summed E-state index contributed by atoms with van der Waals surface area (Å²) >= 11 is 0. The lowest BCUT2D eigenvalue weighted by Crippen LogP contribution is -2.57. The number of likely N-dealkylation sites (tertiary alicyclic amines) is 1. The molecule has 0 atom stereocenters. The minimum atomic E-state index is -2.43. The van der Waals surface area contributed by atoms with Gasteiger partial charge in [0.15, 0.2) is 0 Å². The van der Waals surface area contributed by atoms with Crippen molar-refractivity contribution in [3.8, 4) is 0 Å². The van der Waals surface area contributed by atoms with Crippen molar-refractivity contribution in [3.05, 3.63) is 0 Å². The second-order valence-corrected chi connectivity index (χ2v) is 4.81. The number of hydrogen-bond donors (Lipinski definition) is 0. The molecule has 0 radical (unpaired) electrons. The molecule has 1 aliphatic rings. The van der Waals surface area contributed by atoms with Gasteiger partial charge >= 0.3 is 0 Å². The van der Waals surface area contributed by atoms with E-state index in [0.29, 0.717) is 13.1 Å². The summed E-state index contributed by atoms with van der Waals surface area (Å²) in [6, 6.07) is 0. The van der Waals surface area contributed by atoms with E-state index >= 15 is 0 Å². The van der Waals surface area contributed by atoms with Gasteiger partial charge in [-0.3, -0.25) is 4.79 Å². The van der Waals surface area contributed by atoms with E-state index in [0.717, 1.165) is 0 Å². The molecule has 0 aromatic rings. The van der Waals surface area contributed by atoms with Gasteiger partial charge in [0.1, 0.15) is 6.61 Å². The molecule has 5 heteroatoms. The largest absolute Gasteiger partial charge is 0.369 e. The third kappa shape index (κ3) is 3.41. The Morgan fingerprint density at radius 1 is 1.47 bits per heavy atom. The van der Waals surface area contributed by atoms with E-state index in [1.165, 1.54) is 0 Å². The minimum Gasteiger partial charge on any atom is -0.369 e. The summed E-state index contributed by atoms with van der Waals surface area (Å²) < 4.78 is 28.5. The van der Waals surface area contributed by atoms with Crippen LogP contribution in [0.1, 0.15) is 20.8 Å². The van der Waals surface area contributed by atoms with Crippen molar-refractivity contribution in [3.63, 3.8) is 0 Å². The number of halogens is 2. The van der Waals surface area contributed by atoms with Crippen molar-refractivity contribution < 1.29 is 18.3 Å². The predicted octanol–water partition coefficient (Wildman–Crippen LogP) is 1.52. The highest BCUT2D eigenvalue weighted by molar-refractivity contribution is 5.82. The lowest BCUT2D eigenvalue weighted by Gasteiger charge is -2.41. The van der Waals surface area contributed by atoms with Gasteiger partial charge in [-0.15, -0.1) is 0 Å². The number of alkyl halides is 2. The van der Waals surface area contributed by atoms with Crippen LogP contribution in [0.25, 0.3) is 0 Å². The van der Waals surface area contributed by atoms with Gasteiger partial charge in [0, 0.05) is 18.5 Å². The van der Waals surface area contributed by atoms with Gasteiger partial charge in [-0.25, -0.2) is 8.78 Å². The van der Waals surface area contributed by atoms with Crippen LogP contribution in [-0.4, -0.2) is 43.0 Å². The first-order chi connectivity index (χ1) is 6.80. The van der Waals surface area contributed by atoms with Gasteiger partial charge < -0.3 is 9.64 Å². The maximum atomic E-state index is 11.8. The fourth-order valence-corrected chi connectivity index (χ4v) is 1.39. The van der Waals surface area contributed by atoms with Gasteiger partial charge in [-0.1, -0.05) is 20.8 Å². The highest BCUT2D eigenvalue weighted by Gasteiger charge is 2.36. The molecule has 1 aliphatic heterocycles. The number of rotatable bonds is 3. The van der Waals surface area contributed by atoms with Crippen molar-refractivity contribution in [1.29, 1.82) is 0 Å². The van der Waals surface area contributed by atoms with E-state index in [-0.39, 0.29) is 12.0 Å². The number of nitrogens with zero attached hydrogens (tertiary/aromatic N) is 1. The topological polar surface area (TPSA) is 29.5 Å². The smallest absolute Gasteiger partial charge is 0.261 e. The lowest BCUT2D eigenvalue weighted by molar-refractivity contribution is -0.156. The summed E-state index contributed by atoms with van der Waals surface area (Å²) in [5.41, 5.74) is -0.409. The SMILES string of the molecule is CC(C)(C)C(=O)N1CC(OCC(F)F)C1. The summed E-state index contributed by atoms with van der Waals surface area (Å²) in [5, 5.41) is 0. The van der Waals surface area contributed by atoms with E-state index in [2.05, 4.69) is 0 Å². The van der Waals surface area contributed by atoms with E-state index in [9.17, 15) is 13.6 Å². The molecule has 3 nitrogen and oxygen atoms in total. The van der Waals surface area contributed by atoms with E-state index in [1.807, 2.05) is 20.8 Å². The van der Waals surface area contributed by atoms with Crippen molar-refractivity contribution in [2.75, 3.05) is 19.7 Å². The molecule has 1 saturated heterocycles. The average Bonchev–Trinajstić information content (AvgIpc) is 1.98. The summed E-state index contributed by atoms with van der Waals surface area (Å²) in [6.07, 6.45) is -2.65. The first-order valence-electron chi connectivity index (χ1n) is 5.00. The molecule has 88 valence electrons. The second kappa shape index (κ2) is 4.43. The van der Waals surface area contributed by atoms with Crippen LogP contribution in [0.15, 0.2) is 0 Å². The Morgan fingerprint density at radius 3 is 2.40 bits per heavy atom. The summed E-state index contributed by atoms with van der Waals surface area (Å²) in [7, 11) is 0. The standard InChI is InChI=1S/C10H17F2NO2/c1-10(2,3)9(14)13-4-7(5-13)15-6-8(11)12/h7-8H,4-6H2,1-3H3. The molecule has 0 unspecified atom stereocenters. The Bertz CT molecular complexity index is 232. The van der Waals surface area contributed by atoms with Crippen molar-refractivity contribution >= 4 is 5.91 Å². The zero-order valence-electron chi connectivity index (χ0n) is 9.30. The van der Waals surface area contributed by atoms with Crippen LogP contribution in [-0.2, 0) is 9.53 Å². The highest BCUT2D eigenvalue weighted by atomic mass is 19.3. The molecule has 1 heterocycles. The third-order valence-electron chi connectivity index (χ3n) is 2.23. The highest BCUT2D eigenvalue weighted by Crippen LogP contribution is 2.22. The van der Waals surface area contributed by atoms with E-state index in [4.69, 9.17) is 4.74 Å². The maximum absolute atomic E-state index is 11.8. The van der Waals surface area contributed by atoms with Gasteiger partial charge in [-0.05, 0) is 0 Å². The summed E-state index contributed by atoms with van der Waals surface area (Å²) in [5.74, 6) is 0.0411. The fourth-order valence-electron chi connectivity index (χ4n) is 1.39. The first kappa shape index (κ1) is 12.4. The Kier molecular flexibility index (Phi) is 3.65. The van der Waals surface area contributed by atoms with Gasteiger partial charge in [-0.2, -0.15) is 0 Å². The average molecular weight is 221 g/mol. The molecular weight excluding hydrogens is 204 g/mol. The van der Waals surface area contributed by atoms with Crippen LogP contribution in [0.4, 0.5) is 8.78 Å². The number of carbonyl (C=O) groups excluding carboxylic acids is 1. The number of ether oxygens (including phenoxy) is 1. The molecule has 0 N–H and O–H groups in total. The monoisotopic (exact) mass is 221 g/mol. The lowest BCUT2D eigenvalue weighted by atomic mass is 9.93. The van der Waals surface area contributed by atoms with Crippen LogP contribution < -0.4 is 0 Å². The van der Waals surface area contributed by atoms with Crippen LogP contribution >= 0.6 is 0 Å². The molecule has 0 bridgehead atoms. The number of carbonyl (C=O) groups is 1. The van der Waals surface area contributed by atoms with Crippen molar-refractivity contribution in [2.24, 2.45) is 5.41 Å². The molecule has 1 amide bonds. The van der Waals surface area contributed by atoms with Crippen LogP contribution in [0.2, 0.25) is 0 Å². The van der Waals surface area contributed by atoms with Gasteiger partial charge in [0.25, 0.3) is 6.43 Å². The van der Waals surface area contributed by atoms with Crippen LogP contribution in [0.5, 0.6) is 0 Å². The fraction of sp³-hybridized carbons (Fsp3) is 0.900. The zero-order valence-corrected chi connectivity index (χ0v) is 9.30. The third-order valence-corrected chi connectivity index (χ3v) is 2.23. The Labute approximate surface area is 88.4 Å². The van der Waals surface area contributed by atoms with Crippen molar-refractivity contribution in [2.45, 2.75) is 33.3 Å². The van der Waals surface area contributed by atoms with Crippen molar-refractivity contribution in [1.82, 2.24) is 4.90 Å². The molecule has 0 aliphatic carbocycles. The Balaban J connectivity index is 2.23. The number of hydrogen-bond acceptors (Lipinski definition) is 2. The predicted molar refractivity (Wildman–Crippen MR) is 51.8 cm³/mol. The zero-order chi connectivity index (χ0) is 11.6. The Hall–Kier alpha value is -0.710. The molecule has 15 heavy (non-hydrogen) atoms. The van der Waals surface area contributed by atoms with Gasteiger partial charge in [0.2, 0.25) is 5.91 Å². The molecule has 0 aromatic heterocycles. The molecule has 1 rings (SSSR count). The van der Waals surface area contributed by atoms with Crippen LogP contribution in [0.3, 0.4) is 0 Å². The summed E-state index contributed by atoms with van der Waals surface area (Å²) in [4.78, 5) is 13.3. The van der Waals surface area contributed by atoms with E-state index < -0.39 is 18.4 Å². The Morgan fingerprint density at radius 2 is 2.00 bits per heavy atom. The van der Waals surface area contributed by atoms with E-state index in [1.54, 1.807) is 4.90 Å².